The second-order valence-electron chi connectivity index (χ2n) is 10.3. The number of ether oxygens (including phenoxy) is 2. The lowest BCUT2D eigenvalue weighted by atomic mass is 9.81. The van der Waals surface area contributed by atoms with Crippen LogP contribution in [0, 0.1) is 11.3 Å². The fraction of sp³-hybridized carbons (Fsp3) is 0.152. The molecule has 4 aromatic carbocycles. The molecule has 0 spiro atoms. The van der Waals surface area contributed by atoms with Crippen LogP contribution in [0.25, 0.3) is 16.8 Å². The van der Waals surface area contributed by atoms with Gasteiger partial charge in [-0.2, -0.15) is 5.26 Å². The highest BCUT2D eigenvalue weighted by Crippen LogP contribution is 2.45. The number of esters is 1. The Balaban J connectivity index is 1.41. The number of nitriles is 1. The molecule has 0 aromatic heterocycles. The molecule has 188 valence electrons. The highest BCUT2D eigenvalue weighted by atomic mass is 16.5. The first-order valence-electron chi connectivity index (χ1n) is 12.4. The molecule has 1 aliphatic heterocycles. The molecule has 0 saturated carbocycles. The van der Waals surface area contributed by atoms with Crippen molar-refractivity contribution in [1.82, 2.24) is 0 Å². The smallest absolute Gasteiger partial charge is 0.336 e. The molecule has 2 N–H and O–H groups in total. The van der Waals surface area contributed by atoms with E-state index < -0.39 is 11.9 Å². The number of carbonyl (C=O) groups is 1. The third kappa shape index (κ3) is 4.89. The minimum absolute atomic E-state index is 0.0417. The molecule has 1 unspecified atom stereocenters. The Morgan fingerprint density at radius 2 is 1.71 bits per heavy atom. The maximum atomic E-state index is 12.5. The van der Waals surface area contributed by atoms with Crippen molar-refractivity contribution in [3.8, 4) is 17.6 Å². The summed E-state index contributed by atoms with van der Waals surface area (Å²) in [6.07, 6.45) is 3.12. The van der Waals surface area contributed by atoms with E-state index in [1.807, 2.05) is 60.7 Å². The van der Waals surface area contributed by atoms with Crippen molar-refractivity contribution in [2.75, 3.05) is 0 Å². The molecule has 1 aliphatic rings. The van der Waals surface area contributed by atoms with Crippen molar-refractivity contribution >= 4 is 22.8 Å². The van der Waals surface area contributed by atoms with Crippen molar-refractivity contribution in [2.45, 2.75) is 32.1 Å². The number of benzene rings is 4. The van der Waals surface area contributed by atoms with Crippen LogP contribution in [0.3, 0.4) is 0 Å². The number of nitrogens with two attached hydrogens (primary N) is 1. The molecule has 0 fully saturated rings. The first-order valence-corrected chi connectivity index (χ1v) is 12.4. The lowest BCUT2D eigenvalue weighted by Crippen LogP contribution is -2.21. The Kier molecular flexibility index (Phi) is 6.48. The molecule has 0 saturated heterocycles. The molecule has 0 aliphatic carbocycles. The lowest BCUT2D eigenvalue weighted by Gasteiger charge is -2.27. The average molecular weight is 501 g/mol. The number of rotatable bonds is 4. The first kappa shape index (κ1) is 24.9. The maximum absolute atomic E-state index is 12.5. The minimum Gasteiger partial charge on any atom is -0.440 e. The van der Waals surface area contributed by atoms with E-state index in [0.29, 0.717) is 17.1 Å². The van der Waals surface area contributed by atoms with Gasteiger partial charge in [-0.05, 0) is 45.0 Å². The fourth-order valence-electron chi connectivity index (χ4n) is 4.73. The fourth-order valence-corrected chi connectivity index (χ4v) is 4.73. The zero-order chi connectivity index (χ0) is 26.9. The van der Waals surface area contributed by atoms with E-state index in [9.17, 15) is 10.1 Å². The van der Waals surface area contributed by atoms with Crippen LogP contribution in [0.2, 0.25) is 0 Å². The topological polar surface area (TPSA) is 85.3 Å². The van der Waals surface area contributed by atoms with Gasteiger partial charge in [0, 0.05) is 17.7 Å². The molecule has 4 aromatic rings. The summed E-state index contributed by atoms with van der Waals surface area (Å²) in [5, 5.41) is 12.0. The Hall–Kier alpha value is -4.82. The monoisotopic (exact) mass is 500 g/mol. The second-order valence-corrected chi connectivity index (χ2v) is 10.3. The van der Waals surface area contributed by atoms with Crippen molar-refractivity contribution in [3.63, 3.8) is 0 Å². The van der Waals surface area contributed by atoms with Crippen LogP contribution in [0.4, 0.5) is 0 Å². The van der Waals surface area contributed by atoms with Crippen LogP contribution in [0.5, 0.6) is 11.5 Å². The summed E-state index contributed by atoms with van der Waals surface area (Å²) in [6.45, 7) is 6.48. The van der Waals surface area contributed by atoms with E-state index in [1.54, 1.807) is 18.2 Å². The van der Waals surface area contributed by atoms with Crippen molar-refractivity contribution < 1.29 is 14.3 Å². The maximum Gasteiger partial charge on any atom is 0.336 e. The molecule has 0 radical (unpaired) electrons. The van der Waals surface area contributed by atoms with Gasteiger partial charge in [-0.15, -0.1) is 0 Å². The molecule has 5 heteroatoms. The van der Waals surface area contributed by atoms with Gasteiger partial charge in [0.15, 0.2) is 0 Å². The number of carbonyl (C=O) groups excluding carboxylic acids is 1. The summed E-state index contributed by atoms with van der Waals surface area (Å²) in [4.78, 5) is 12.5. The van der Waals surface area contributed by atoms with E-state index in [-0.39, 0.29) is 11.3 Å². The Morgan fingerprint density at radius 1 is 0.974 bits per heavy atom. The van der Waals surface area contributed by atoms with Crippen LogP contribution < -0.4 is 15.2 Å². The highest BCUT2D eigenvalue weighted by molar-refractivity contribution is 5.89. The summed E-state index contributed by atoms with van der Waals surface area (Å²) in [6, 6.07) is 29.5. The van der Waals surface area contributed by atoms with Crippen molar-refractivity contribution in [3.05, 3.63) is 125 Å². The largest absolute Gasteiger partial charge is 0.440 e. The Morgan fingerprint density at radius 3 is 2.45 bits per heavy atom. The summed E-state index contributed by atoms with van der Waals surface area (Å²) >= 11 is 0. The van der Waals surface area contributed by atoms with Gasteiger partial charge in [0.05, 0.1) is 5.92 Å². The molecular weight excluding hydrogens is 472 g/mol. The summed E-state index contributed by atoms with van der Waals surface area (Å²) < 4.78 is 11.4. The number of fused-ring (bicyclic) bond motifs is 2. The number of nitrogens with zero attached hydrogens (tertiary/aromatic N) is 1. The van der Waals surface area contributed by atoms with Gasteiger partial charge >= 0.3 is 5.97 Å². The third-order valence-electron chi connectivity index (χ3n) is 6.73. The van der Waals surface area contributed by atoms with Gasteiger partial charge in [0.1, 0.15) is 23.1 Å². The van der Waals surface area contributed by atoms with Crippen molar-refractivity contribution in [1.29, 1.82) is 5.26 Å². The predicted octanol–water partition coefficient (Wildman–Crippen LogP) is 6.97. The quantitative estimate of drug-likeness (QED) is 0.186. The number of hydrogen-bond donors (Lipinski definition) is 1. The van der Waals surface area contributed by atoms with Crippen LogP contribution in [0.15, 0.2) is 102 Å². The average Bonchev–Trinajstić information content (AvgIpc) is 2.90. The van der Waals surface area contributed by atoms with Gasteiger partial charge in [-0.3, -0.25) is 0 Å². The van der Waals surface area contributed by atoms with E-state index >= 15 is 0 Å². The van der Waals surface area contributed by atoms with Gasteiger partial charge in [0.25, 0.3) is 0 Å². The molecule has 38 heavy (non-hydrogen) atoms. The molecular formula is C33H28N2O3. The minimum atomic E-state index is -0.507. The highest BCUT2D eigenvalue weighted by Gasteiger charge is 2.32. The van der Waals surface area contributed by atoms with E-state index in [2.05, 4.69) is 39.0 Å². The zero-order valence-electron chi connectivity index (χ0n) is 21.6. The Bertz CT molecular complexity index is 1630. The van der Waals surface area contributed by atoms with Crippen LogP contribution in [-0.4, -0.2) is 5.97 Å². The van der Waals surface area contributed by atoms with Gasteiger partial charge in [-0.25, -0.2) is 4.79 Å². The van der Waals surface area contributed by atoms with Gasteiger partial charge in [-0.1, -0.05) is 93.6 Å². The van der Waals surface area contributed by atoms with E-state index in [1.165, 1.54) is 11.6 Å². The molecule has 1 atom stereocenters. The van der Waals surface area contributed by atoms with Gasteiger partial charge in [0.2, 0.25) is 5.88 Å². The number of hydrogen-bond acceptors (Lipinski definition) is 5. The summed E-state index contributed by atoms with van der Waals surface area (Å²) in [5.74, 6) is -0.0964. The van der Waals surface area contributed by atoms with Crippen LogP contribution in [-0.2, 0) is 10.2 Å². The second kappa shape index (κ2) is 9.91. The normalized spacial score (nSPS) is 15.2. The molecule has 5 rings (SSSR count). The third-order valence-corrected chi connectivity index (χ3v) is 6.73. The van der Waals surface area contributed by atoms with Crippen molar-refractivity contribution in [2.24, 2.45) is 5.73 Å². The Labute approximate surface area is 222 Å². The zero-order valence-corrected chi connectivity index (χ0v) is 21.6. The molecule has 0 amide bonds. The SMILES string of the molecule is CC(C)(C)c1ccc(/C=C/C(=O)Oc2ccc3c(c2)OC(N)=C(C#N)C3c2cccc3ccccc23)cc1. The summed E-state index contributed by atoms with van der Waals surface area (Å²) in [5.41, 5.74) is 10.5. The van der Waals surface area contributed by atoms with E-state index in [0.717, 1.165) is 27.5 Å². The lowest BCUT2D eigenvalue weighted by molar-refractivity contribution is -0.128. The predicted molar refractivity (Wildman–Crippen MR) is 149 cm³/mol. The van der Waals surface area contributed by atoms with Crippen LogP contribution >= 0.6 is 0 Å². The van der Waals surface area contributed by atoms with Gasteiger partial charge < -0.3 is 15.2 Å². The summed E-state index contributed by atoms with van der Waals surface area (Å²) in [7, 11) is 0. The van der Waals surface area contributed by atoms with Crippen LogP contribution in [0.1, 0.15) is 48.9 Å². The van der Waals surface area contributed by atoms with E-state index in [4.69, 9.17) is 15.2 Å². The molecule has 5 nitrogen and oxygen atoms in total. The molecule has 1 heterocycles. The number of allylic oxidation sites excluding steroid dienone is 1. The molecule has 0 bridgehead atoms. The standard InChI is InChI=1S/C33H28N2O3/c1-33(2,3)23-14-11-21(12-15-23)13-18-30(36)37-24-16-17-27-29(19-24)38-32(35)28(20-34)31(27)26-10-6-8-22-7-4-5-9-25(22)26/h4-19,31H,35H2,1-3H3/b18-13+. The first-order chi connectivity index (χ1) is 18.2.